The summed E-state index contributed by atoms with van der Waals surface area (Å²) in [5.41, 5.74) is 2.14. The van der Waals surface area contributed by atoms with Crippen molar-refractivity contribution in [2.75, 3.05) is 31.1 Å². The average molecular weight is 327 g/mol. The molecule has 2 N–H and O–H groups in total. The maximum Gasteiger partial charge on any atom is 0.261 e. The maximum absolute atomic E-state index is 12.7. The fourth-order valence-electron chi connectivity index (χ4n) is 3.32. The van der Waals surface area contributed by atoms with Gasteiger partial charge in [0.1, 0.15) is 0 Å². The van der Waals surface area contributed by atoms with Crippen LogP contribution in [0.5, 0.6) is 0 Å². The molecule has 1 aliphatic heterocycles. The van der Waals surface area contributed by atoms with E-state index in [4.69, 9.17) is 5.90 Å². The maximum atomic E-state index is 12.7. The van der Waals surface area contributed by atoms with Crippen LogP contribution in [-0.2, 0) is 4.84 Å². The number of carbonyl (C=O) groups is 2. The van der Waals surface area contributed by atoms with Crippen LogP contribution in [-0.4, -0.2) is 43.0 Å². The minimum absolute atomic E-state index is 0.111. The highest BCUT2D eigenvalue weighted by molar-refractivity contribution is 6.26. The molecule has 24 heavy (non-hydrogen) atoms. The Morgan fingerprint density at radius 3 is 2.33 bits per heavy atom. The summed E-state index contributed by atoms with van der Waals surface area (Å²) in [4.78, 5) is 33.4. The van der Waals surface area contributed by atoms with Crippen molar-refractivity contribution < 1.29 is 14.4 Å². The molecule has 0 bridgehead atoms. The first-order valence-electron chi connectivity index (χ1n) is 8.12. The van der Waals surface area contributed by atoms with Gasteiger partial charge in [0.25, 0.3) is 11.8 Å². The topological polar surface area (TPSA) is 75.9 Å². The number of nitrogens with zero attached hydrogens (tertiary/aromatic N) is 2. The van der Waals surface area contributed by atoms with E-state index >= 15 is 0 Å². The van der Waals surface area contributed by atoms with Gasteiger partial charge in [0.15, 0.2) is 0 Å². The van der Waals surface area contributed by atoms with E-state index in [1.54, 1.807) is 6.07 Å². The van der Waals surface area contributed by atoms with Crippen LogP contribution in [0.3, 0.4) is 0 Å². The van der Waals surface area contributed by atoms with Crippen LogP contribution in [0, 0.1) is 0 Å². The van der Waals surface area contributed by atoms with E-state index in [2.05, 4.69) is 23.6 Å². The fraction of sp³-hybridized carbons (Fsp3) is 0.333. The number of carbonyl (C=O) groups excluding carboxylic acids is 2. The summed E-state index contributed by atoms with van der Waals surface area (Å²) < 4.78 is 0. The van der Waals surface area contributed by atoms with Crippen LogP contribution in [0.25, 0.3) is 10.8 Å². The number of amides is 2. The van der Waals surface area contributed by atoms with Gasteiger partial charge in [-0.25, -0.2) is 5.90 Å². The number of anilines is 1. The van der Waals surface area contributed by atoms with E-state index in [1.165, 1.54) is 4.90 Å². The molecule has 3 rings (SSSR count). The SMILES string of the molecule is CCN(CC)c1ccc2c3c(cccc13)C(=O)N(CCON)C2=O. The molecule has 0 atom stereocenters. The number of nitrogens with two attached hydrogens (primary N) is 1. The monoisotopic (exact) mass is 327 g/mol. The summed E-state index contributed by atoms with van der Waals surface area (Å²) in [6, 6.07) is 9.36. The summed E-state index contributed by atoms with van der Waals surface area (Å²) >= 11 is 0. The minimum Gasteiger partial charge on any atom is -0.372 e. The Morgan fingerprint density at radius 2 is 1.71 bits per heavy atom. The summed E-state index contributed by atoms with van der Waals surface area (Å²) in [5, 5.41) is 1.67. The second-order valence-corrected chi connectivity index (χ2v) is 5.67. The molecular weight excluding hydrogens is 306 g/mol. The zero-order valence-corrected chi connectivity index (χ0v) is 13.9. The third-order valence-electron chi connectivity index (χ3n) is 4.51. The molecule has 6 heteroatoms. The van der Waals surface area contributed by atoms with E-state index < -0.39 is 0 Å². The lowest BCUT2D eigenvalue weighted by molar-refractivity contribution is 0.0523. The average Bonchev–Trinajstić information content (AvgIpc) is 2.61. The molecule has 0 spiro atoms. The van der Waals surface area contributed by atoms with E-state index in [0.29, 0.717) is 11.1 Å². The quantitative estimate of drug-likeness (QED) is 0.650. The summed E-state index contributed by atoms with van der Waals surface area (Å²) in [7, 11) is 0. The second kappa shape index (κ2) is 6.59. The highest BCUT2D eigenvalue weighted by Gasteiger charge is 2.33. The molecule has 2 aromatic rings. The normalized spacial score (nSPS) is 13.7. The molecule has 1 heterocycles. The van der Waals surface area contributed by atoms with Crippen molar-refractivity contribution in [3.63, 3.8) is 0 Å². The molecule has 0 fully saturated rings. The van der Waals surface area contributed by atoms with Gasteiger partial charge in [-0.15, -0.1) is 0 Å². The standard InChI is InChI=1S/C18H21N3O3/c1-3-20(4-2)15-9-8-14-16-12(15)6-5-7-13(16)17(22)21(18(14)23)10-11-24-19/h5-9H,3-4,10-11,19H2,1-2H3. The van der Waals surface area contributed by atoms with Crippen LogP contribution in [0.2, 0.25) is 0 Å². The van der Waals surface area contributed by atoms with Gasteiger partial charge in [-0.2, -0.15) is 0 Å². The number of hydrogen-bond donors (Lipinski definition) is 1. The Hall–Kier alpha value is -2.44. The molecule has 126 valence electrons. The predicted octanol–water partition coefficient (Wildman–Crippen LogP) is 2.17. The first-order chi connectivity index (χ1) is 11.6. The lowest BCUT2D eigenvalue weighted by atomic mass is 9.92. The zero-order valence-electron chi connectivity index (χ0n) is 13.9. The lowest BCUT2D eigenvalue weighted by Crippen LogP contribution is -2.42. The van der Waals surface area contributed by atoms with E-state index in [0.717, 1.165) is 29.5 Å². The van der Waals surface area contributed by atoms with E-state index in [1.807, 2.05) is 24.3 Å². The lowest BCUT2D eigenvalue weighted by Gasteiger charge is -2.29. The molecule has 0 saturated heterocycles. The molecule has 0 radical (unpaired) electrons. The molecule has 0 aliphatic carbocycles. The van der Waals surface area contributed by atoms with Crippen molar-refractivity contribution in [1.82, 2.24) is 4.90 Å². The fourth-order valence-corrected chi connectivity index (χ4v) is 3.32. The molecule has 2 aromatic carbocycles. The van der Waals surface area contributed by atoms with Crippen LogP contribution >= 0.6 is 0 Å². The molecule has 6 nitrogen and oxygen atoms in total. The number of hydrogen-bond acceptors (Lipinski definition) is 5. The Morgan fingerprint density at radius 1 is 1.04 bits per heavy atom. The highest BCUT2D eigenvalue weighted by atomic mass is 16.6. The van der Waals surface area contributed by atoms with Gasteiger partial charge in [0, 0.05) is 40.7 Å². The van der Waals surface area contributed by atoms with E-state index in [9.17, 15) is 9.59 Å². The number of rotatable bonds is 6. The Bertz CT molecular complexity index is 777. The van der Waals surface area contributed by atoms with Crippen molar-refractivity contribution in [1.29, 1.82) is 0 Å². The minimum atomic E-state index is -0.299. The van der Waals surface area contributed by atoms with Gasteiger partial charge >= 0.3 is 0 Å². The zero-order chi connectivity index (χ0) is 17.3. The smallest absolute Gasteiger partial charge is 0.261 e. The molecule has 0 unspecified atom stereocenters. The van der Waals surface area contributed by atoms with Crippen molar-refractivity contribution in [3.05, 3.63) is 41.5 Å². The van der Waals surface area contributed by atoms with E-state index in [-0.39, 0.29) is 25.0 Å². The van der Waals surface area contributed by atoms with Gasteiger partial charge in [0.05, 0.1) is 13.2 Å². The van der Waals surface area contributed by atoms with Gasteiger partial charge < -0.3 is 9.74 Å². The second-order valence-electron chi connectivity index (χ2n) is 5.67. The van der Waals surface area contributed by atoms with Crippen molar-refractivity contribution in [3.8, 4) is 0 Å². The number of benzene rings is 2. The molecule has 2 amide bonds. The van der Waals surface area contributed by atoms with Gasteiger partial charge in [-0.1, -0.05) is 12.1 Å². The molecule has 0 aromatic heterocycles. The molecule has 0 saturated carbocycles. The largest absolute Gasteiger partial charge is 0.372 e. The highest BCUT2D eigenvalue weighted by Crippen LogP contribution is 2.35. The Labute approximate surface area is 140 Å². The van der Waals surface area contributed by atoms with Crippen LogP contribution in [0.4, 0.5) is 5.69 Å². The van der Waals surface area contributed by atoms with Gasteiger partial charge in [-0.05, 0) is 32.0 Å². The predicted molar refractivity (Wildman–Crippen MR) is 93.0 cm³/mol. The van der Waals surface area contributed by atoms with Crippen LogP contribution in [0.15, 0.2) is 30.3 Å². The first-order valence-corrected chi connectivity index (χ1v) is 8.12. The molecular formula is C18H21N3O3. The first kappa shape index (κ1) is 16.4. The van der Waals surface area contributed by atoms with Crippen molar-refractivity contribution >= 4 is 28.3 Å². The third-order valence-corrected chi connectivity index (χ3v) is 4.51. The summed E-state index contributed by atoms with van der Waals surface area (Å²) in [6.07, 6.45) is 0. The van der Waals surface area contributed by atoms with Crippen molar-refractivity contribution in [2.45, 2.75) is 13.8 Å². The van der Waals surface area contributed by atoms with Gasteiger partial charge in [-0.3, -0.25) is 14.5 Å². The third kappa shape index (κ3) is 2.44. The summed E-state index contributed by atoms with van der Waals surface area (Å²) in [5.74, 6) is 4.44. The Kier molecular flexibility index (Phi) is 4.51. The summed E-state index contributed by atoms with van der Waals surface area (Å²) in [6.45, 7) is 6.14. The van der Waals surface area contributed by atoms with Crippen LogP contribution < -0.4 is 10.8 Å². The van der Waals surface area contributed by atoms with Gasteiger partial charge in [0.2, 0.25) is 0 Å². The Balaban J connectivity index is 2.20. The van der Waals surface area contributed by atoms with Crippen molar-refractivity contribution in [2.24, 2.45) is 5.90 Å². The van der Waals surface area contributed by atoms with Crippen LogP contribution in [0.1, 0.15) is 34.6 Å². The molecule has 1 aliphatic rings. The number of imide groups is 1.